The number of aliphatic hydroxyl groups is 1. The number of amides is 1. The Balaban J connectivity index is 2.11. The second kappa shape index (κ2) is 8.49. The average Bonchev–Trinajstić information content (AvgIpc) is 2.64. The molecule has 0 spiro atoms. The van der Waals surface area contributed by atoms with Gasteiger partial charge < -0.3 is 14.7 Å². The van der Waals surface area contributed by atoms with E-state index < -0.39 is 6.10 Å². The molecule has 0 aliphatic heterocycles. The molecule has 0 aliphatic rings. The van der Waals surface area contributed by atoms with Crippen molar-refractivity contribution in [3.63, 3.8) is 0 Å². The SMILES string of the molecule is C=C(C)COc1cccc(C(=O)N(C)C(C)C(O)c2ccccc2)c1. The Hall–Kier alpha value is -2.59. The summed E-state index contributed by atoms with van der Waals surface area (Å²) >= 11 is 0. The van der Waals surface area contributed by atoms with Crippen LogP contribution in [0.25, 0.3) is 0 Å². The largest absolute Gasteiger partial charge is 0.489 e. The van der Waals surface area contributed by atoms with Gasteiger partial charge in [0.25, 0.3) is 5.91 Å². The Labute approximate surface area is 149 Å². The Morgan fingerprint density at radius 1 is 1.20 bits per heavy atom. The molecule has 0 fully saturated rings. The van der Waals surface area contributed by atoms with Gasteiger partial charge in [0.15, 0.2) is 0 Å². The highest BCUT2D eigenvalue weighted by molar-refractivity contribution is 5.94. The fourth-order valence-corrected chi connectivity index (χ4v) is 2.45. The lowest BCUT2D eigenvalue weighted by atomic mass is 10.0. The van der Waals surface area contributed by atoms with Gasteiger partial charge >= 0.3 is 0 Å². The van der Waals surface area contributed by atoms with Crippen molar-refractivity contribution >= 4 is 5.91 Å². The molecule has 0 bridgehead atoms. The van der Waals surface area contributed by atoms with Crippen molar-refractivity contribution in [1.82, 2.24) is 4.90 Å². The summed E-state index contributed by atoms with van der Waals surface area (Å²) in [5.74, 6) is 0.460. The standard InChI is InChI=1S/C21H25NO3/c1-15(2)14-25-19-12-8-11-18(13-19)21(24)22(4)16(3)20(23)17-9-6-5-7-10-17/h5-13,16,20,23H,1,14H2,2-4H3. The first-order valence-electron chi connectivity index (χ1n) is 8.27. The van der Waals surface area contributed by atoms with Crippen LogP contribution in [-0.2, 0) is 0 Å². The van der Waals surface area contributed by atoms with E-state index in [1.807, 2.05) is 50.2 Å². The summed E-state index contributed by atoms with van der Waals surface area (Å²) in [5.41, 5.74) is 2.22. The number of hydrogen-bond donors (Lipinski definition) is 1. The van der Waals surface area contributed by atoms with Gasteiger partial charge in [-0.05, 0) is 43.2 Å². The first-order valence-corrected chi connectivity index (χ1v) is 8.27. The van der Waals surface area contributed by atoms with Crippen molar-refractivity contribution in [2.45, 2.75) is 26.0 Å². The van der Waals surface area contributed by atoms with E-state index in [0.717, 1.165) is 11.1 Å². The predicted molar refractivity (Wildman–Crippen MR) is 99.7 cm³/mol. The van der Waals surface area contributed by atoms with E-state index >= 15 is 0 Å². The van der Waals surface area contributed by atoms with Gasteiger partial charge in [-0.1, -0.05) is 43.0 Å². The van der Waals surface area contributed by atoms with Gasteiger partial charge in [0.2, 0.25) is 0 Å². The zero-order chi connectivity index (χ0) is 18.4. The van der Waals surface area contributed by atoms with Crippen LogP contribution in [0.3, 0.4) is 0 Å². The summed E-state index contributed by atoms with van der Waals surface area (Å²) in [5, 5.41) is 10.5. The second-order valence-corrected chi connectivity index (χ2v) is 6.29. The van der Waals surface area contributed by atoms with Crippen LogP contribution in [0.5, 0.6) is 5.75 Å². The molecule has 0 aromatic heterocycles. The van der Waals surface area contributed by atoms with E-state index in [2.05, 4.69) is 6.58 Å². The predicted octanol–water partition coefficient (Wildman–Crippen LogP) is 3.84. The summed E-state index contributed by atoms with van der Waals surface area (Å²) in [4.78, 5) is 14.3. The van der Waals surface area contributed by atoms with Gasteiger partial charge in [0.1, 0.15) is 12.4 Å². The lowest BCUT2D eigenvalue weighted by molar-refractivity contribution is 0.0486. The quantitative estimate of drug-likeness (QED) is 0.780. The van der Waals surface area contributed by atoms with E-state index in [-0.39, 0.29) is 11.9 Å². The summed E-state index contributed by atoms with van der Waals surface area (Å²) in [6, 6.07) is 16.0. The number of nitrogens with zero attached hydrogens (tertiary/aromatic N) is 1. The van der Waals surface area contributed by atoms with Crippen LogP contribution in [0, 0.1) is 0 Å². The number of carbonyl (C=O) groups is 1. The summed E-state index contributed by atoms with van der Waals surface area (Å²) < 4.78 is 5.60. The highest BCUT2D eigenvalue weighted by Crippen LogP contribution is 2.22. The average molecular weight is 339 g/mol. The molecule has 4 heteroatoms. The molecule has 25 heavy (non-hydrogen) atoms. The van der Waals surface area contributed by atoms with Gasteiger partial charge in [-0.25, -0.2) is 0 Å². The molecule has 4 nitrogen and oxygen atoms in total. The fourth-order valence-electron chi connectivity index (χ4n) is 2.45. The monoisotopic (exact) mass is 339 g/mol. The molecular weight excluding hydrogens is 314 g/mol. The van der Waals surface area contributed by atoms with Gasteiger partial charge in [-0.15, -0.1) is 0 Å². The Kier molecular flexibility index (Phi) is 6.37. The molecule has 0 aliphatic carbocycles. The molecule has 2 rings (SSSR count). The van der Waals surface area contributed by atoms with Crippen LogP contribution >= 0.6 is 0 Å². The van der Waals surface area contributed by atoms with E-state index in [1.54, 1.807) is 30.1 Å². The maximum Gasteiger partial charge on any atom is 0.254 e. The molecule has 0 saturated heterocycles. The van der Waals surface area contributed by atoms with Gasteiger partial charge in [-0.3, -0.25) is 4.79 Å². The van der Waals surface area contributed by atoms with Crippen molar-refractivity contribution in [2.75, 3.05) is 13.7 Å². The topological polar surface area (TPSA) is 49.8 Å². The zero-order valence-corrected chi connectivity index (χ0v) is 15.0. The van der Waals surface area contributed by atoms with Crippen molar-refractivity contribution < 1.29 is 14.6 Å². The van der Waals surface area contributed by atoms with Crippen LogP contribution < -0.4 is 4.74 Å². The third kappa shape index (κ3) is 4.94. The summed E-state index contributed by atoms with van der Waals surface area (Å²) in [6.45, 7) is 7.93. The molecule has 2 atom stereocenters. The first-order chi connectivity index (χ1) is 11.9. The van der Waals surface area contributed by atoms with Crippen molar-refractivity contribution in [1.29, 1.82) is 0 Å². The third-order valence-corrected chi connectivity index (χ3v) is 4.10. The maximum absolute atomic E-state index is 12.8. The lowest BCUT2D eigenvalue weighted by Crippen LogP contribution is -2.39. The molecule has 2 aromatic rings. The molecular formula is C21H25NO3. The Morgan fingerprint density at radius 2 is 1.88 bits per heavy atom. The maximum atomic E-state index is 12.8. The van der Waals surface area contributed by atoms with E-state index in [1.165, 1.54) is 0 Å². The summed E-state index contributed by atoms with van der Waals surface area (Å²) in [6.07, 6.45) is -0.752. The minimum Gasteiger partial charge on any atom is -0.489 e. The van der Waals surface area contributed by atoms with Crippen molar-refractivity contribution in [3.8, 4) is 5.75 Å². The minimum atomic E-state index is -0.752. The van der Waals surface area contributed by atoms with Crippen LogP contribution in [-0.4, -0.2) is 35.6 Å². The van der Waals surface area contributed by atoms with E-state index in [0.29, 0.717) is 17.9 Å². The lowest BCUT2D eigenvalue weighted by Gasteiger charge is -2.29. The van der Waals surface area contributed by atoms with Gasteiger partial charge in [-0.2, -0.15) is 0 Å². The van der Waals surface area contributed by atoms with Crippen LogP contribution in [0.2, 0.25) is 0 Å². The molecule has 0 saturated carbocycles. The van der Waals surface area contributed by atoms with Crippen LogP contribution in [0.15, 0.2) is 66.7 Å². The number of aliphatic hydroxyl groups excluding tert-OH is 1. The van der Waals surface area contributed by atoms with Crippen molar-refractivity contribution in [3.05, 3.63) is 77.9 Å². The first kappa shape index (κ1) is 18.7. The van der Waals surface area contributed by atoms with Crippen molar-refractivity contribution in [2.24, 2.45) is 0 Å². The van der Waals surface area contributed by atoms with E-state index in [9.17, 15) is 9.90 Å². The normalized spacial score (nSPS) is 13.0. The van der Waals surface area contributed by atoms with Crippen LogP contribution in [0.1, 0.15) is 35.9 Å². The number of ether oxygens (including phenoxy) is 1. The molecule has 2 aromatic carbocycles. The van der Waals surface area contributed by atoms with Crippen LogP contribution in [0.4, 0.5) is 0 Å². The highest BCUT2D eigenvalue weighted by Gasteiger charge is 2.25. The van der Waals surface area contributed by atoms with Gasteiger partial charge in [0.05, 0.1) is 12.1 Å². The molecule has 0 heterocycles. The minimum absolute atomic E-state index is 0.164. The second-order valence-electron chi connectivity index (χ2n) is 6.29. The number of rotatable bonds is 7. The molecule has 2 unspecified atom stereocenters. The van der Waals surface area contributed by atoms with Gasteiger partial charge in [0, 0.05) is 12.6 Å². The zero-order valence-electron chi connectivity index (χ0n) is 15.0. The highest BCUT2D eigenvalue weighted by atomic mass is 16.5. The number of benzene rings is 2. The summed E-state index contributed by atoms with van der Waals surface area (Å²) in [7, 11) is 1.70. The Morgan fingerprint density at radius 3 is 2.52 bits per heavy atom. The fraction of sp³-hybridized carbons (Fsp3) is 0.286. The Bertz CT molecular complexity index is 727. The molecule has 1 amide bonds. The van der Waals surface area contributed by atoms with E-state index in [4.69, 9.17) is 4.74 Å². The number of likely N-dealkylation sites (N-methyl/N-ethyl adjacent to an activating group) is 1. The third-order valence-electron chi connectivity index (χ3n) is 4.10. The molecule has 1 N–H and O–H groups in total. The molecule has 132 valence electrons. The smallest absolute Gasteiger partial charge is 0.254 e. The number of hydrogen-bond acceptors (Lipinski definition) is 3. The molecule has 0 radical (unpaired) electrons. The number of carbonyl (C=O) groups excluding carboxylic acids is 1.